The predicted molar refractivity (Wildman–Crippen MR) is 31.5 cm³/mol. The molecule has 0 atom stereocenters. The van der Waals surface area contributed by atoms with Gasteiger partial charge in [-0.25, -0.2) is 8.42 Å². The molecular formula is C4H7NO2S. The summed E-state index contributed by atoms with van der Waals surface area (Å²) in [6.07, 6.45) is 1.53. The summed E-state index contributed by atoms with van der Waals surface area (Å²) in [5, 5.41) is -0.194. The van der Waals surface area contributed by atoms with Gasteiger partial charge in [0.05, 0.1) is 5.25 Å². The van der Waals surface area contributed by atoms with Crippen molar-refractivity contribution in [2.24, 2.45) is 4.40 Å². The molecule has 46 valence electrons. The second kappa shape index (κ2) is 1.55. The number of rotatable bonds is 2. The van der Waals surface area contributed by atoms with Crippen molar-refractivity contribution >= 4 is 16.7 Å². The normalized spacial score (nSPS) is 20.5. The van der Waals surface area contributed by atoms with E-state index in [9.17, 15) is 8.42 Å². The van der Waals surface area contributed by atoms with Crippen LogP contribution in [0.2, 0.25) is 0 Å². The van der Waals surface area contributed by atoms with Gasteiger partial charge in [-0.3, -0.25) is 0 Å². The lowest BCUT2D eigenvalue weighted by atomic mass is 11.0. The number of nitrogens with zero attached hydrogens (tertiary/aromatic N) is 1. The van der Waals surface area contributed by atoms with Crippen molar-refractivity contribution in [1.82, 2.24) is 0 Å². The van der Waals surface area contributed by atoms with Crippen LogP contribution < -0.4 is 0 Å². The van der Waals surface area contributed by atoms with E-state index in [2.05, 4.69) is 11.1 Å². The Morgan fingerprint density at radius 1 is 1.50 bits per heavy atom. The van der Waals surface area contributed by atoms with Crippen molar-refractivity contribution < 1.29 is 8.42 Å². The second-order valence-electron chi connectivity index (χ2n) is 1.84. The molecule has 0 radical (unpaired) electrons. The topological polar surface area (TPSA) is 46.5 Å². The molecular weight excluding hydrogens is 126 g/mol. The highest BCUT2D eigenvalue weighted by molar-refractivity contribution is 7.91. The number of sulfonamides is 1. The Morgan fingerprint density at radius 3 is 2.12 bits per heavy atom. The van der Waals surface area contributed by atoms with Crippen LogP contribution in [0.1, 0.15) is 12.8 Å². The summed E-state index contributed by atoms with van der Waals surface area (Å²) in [5.41, 5.74) is 0. The van der Waals surface area contributed by atoms with Gasteiger partial charge < -0.3 is 0 Å². The lowest BCUT2D eigenvalue weighted by Gasteiger charge is -1.86. The molecule has 0 aromatic rings. The van der Waals surface area contributed by atoms with Crippen LogP contribution in [0, 0.1) is 0 Å². The van der Waals surface area contributed by atoms with E-state index in [1.807, 2.05) is 0 Å². The Balaban J connectivity index is 2.79. The second-order valence-corrected chi connectivity index (χ2v) is 3.80. The molecule has 1 rings (SSSR count). The van der Waals surface area contributed by atoms with E-state index in [4.69, 9.17) is 0 Å². The lowest BCUT2D eigenvalue weighted by molar-refractivity contribution is 0.597. The van der Waals surface area contributed by atoms with Gasteiger partial charge in [0.25, 0.3) is 10.0 Å². The minimum atomic E-state index is -3.11. The van der Waals surface area contributed by atoms with Crippen LogP contribution in [0.25, 0.3) is 0 Å². The zero-order valence-electron chi connectivity index (χ0n) is 4.37. The lowest BCUT2D eigenvalue weighted by Crippen LogP contribution is -2.00. The van der Waals surface area contributed by atoms with Gasteiger partial charge in [-0.1, -0.05) is 0 Å². The van der Waals surface area contributed by atoms with Gasteiger partial charge in [-0.2, -0.15) is 4.40 Å². The zero-order chi connectivity index (χ0) is 6.20. The SMILES string of the molecule is C=NS(=O)(=O)C1CC1. The summed E-state index contributed by atoms with van der Waals surface area (Å²) >= 11 is 0. The van der Waals surface area contributed by atoms with Crippen molar-refractivity contribution in [3.8, 4) is 0 Å². The van der Waals surface area contributed by atoms with E-state index < -0.39 is 10.0 Å². The molecule has 3 nitrogen and oxygen atoms in total. The van der Waals surface area contributed by atoms with Crippen LogP contribution in [0.4, 0.5) is 0 Å². The molecule has 0 saturated heterocycles. The smallest absolute Gasteiger partial charge is 0.204 e. The molecule has 1 fully saturated rings. The third-order valence-corrected chi connectivity index (χ3v) is 2.80. The van der Waals surface area contributed by atoms with Crippen LogP contribution in [0.5, 0.6) is 0 Å². The van der Waals surface area contributed by atoms with Crippen LogP contribution in [-0.2, 0) is 10.0 Å². The molecule has 1 saturated carbocycles. The van der Waals surface area contributed by atoms with E-state index >= 15 is 0 Å². The Kier molecular flexibility index (Phi) is 1.11. The van der Waals surface area contributed by atoms with Gasteiger partial charge in [-0.15, -0.1) is 0 Å². The average molecular weight is 133 g/mol. The Morgan fingerprint density at radius 2 is 2.00 bits per heavy atom. The minimum Gasteiger partial charge on any atom is -0.204 e. The molecule has 0 heterocycles. The molecule has 0 unspecified atom stereocenters. The van der Waals surface area contributed by atoms with Gasteiger partial charge in [0.15, 0.2) is 0 Å². The Hall–Kier alpha value is -0.380. The molecule has 8 heavy (non-hydrogen) atoms. The average Bonchev–Trinajstić information content (AvgIpc) is 2.44. The van der Waals surface area contributed by atoms with Gasteiger partial charge in [0, 0.05) is 6.72 Å². The van der Waals surface area contributed by atoms with Crippen molar-refractivity contribution in [2.45, 2.75) is 18.1 Å². The summed E-state index contributed by atoms with van der Waals surface area (Å²) in [6, 6.07) is 0. The minimum absolute atomic E-state index is 0.194. The largest absolute Gasteiger partial charge is 0.255 e. The van der Waals surface area contributed by atoms with Crippen molar-refractivity contribution in [3.63, 3.8) is 0 Å². The van der Waals surface area contributed by atoms with E-state index in [-0.39, 0.29) is 5.25 Å². The maximum Gasteiger partial charge on any atom is 0.255 e. The molecule has 0 spiro atoms. The first-order chi connectivity index (χ1) is 3.67. The van der Waals surface area contributed by atoms with E-state index in [0.717, 1.165) is 12.8 Å². The fourth-order valence-corrected chi connectivity index (χ4v) is 1.41. The highest BCUT2D eigenvalue weighted by atomic mass is 32.2. The summed E-state index contributed by atoms with van der Waals surface area (Å²) < 4.78 is 24.1. The zero-order valence-corrected chi connectivity index (χ0v) is 5.19. The fraction of sp³-hybridized carbons (Fsp3) is 0.750. The maximum atomic E-state index is 10.5. The third-order valence-electron chi connectivity index (χ3n) is 1.13. The predicted octanol–water partition coefficient (Wildman–Crippen LogP) is 0.179. The molecule has 4 heteroatoms. The summed E-state index contributed by atoms with van der Waals surface area (Å²) in [7, 11) is -3.11. The van der Waals surface area contributed by atoms with E-state index in [1.54, 1.807) is 0 Å². The summed E-state index contributed by atoms with van der Waals surface area (Å²) in [4.78, 5) is 0. The first-order valence-corrected chi connectivity index (χ1v) is 3.89. The standard InChI is InChI=1S/C4H7NO2S/c1-5-8(6,7)4-2-3-4/h4H,1-3H2. The highest BCUT2D eigenvalue weighted by Gasteiger charge is 2.34. The van der Waals surface area contributed by atoms with Gasteiger partial charge in [0.2, 0.25) is 0 Å². The van der Waals surface area contributed by atoms with Crippen LogP contribution in [-0.4, -0.2) is 20.4 Å². The van der Waals surface area contributed by atoms with Crippen molar-refractivity contribution in [1.29, 1.82) is 0 Å². The first kappa shape index (κ1) is 5.75. The van der Waals surface area contributed by atoms with Crippen LogP contribution in [0.3, 0.4) is 0 Å². The van der Waals surface area contributed by atoms with Gasteiger partial charge >= 0.3 is 0 Å². The van der Waals surface area contributed by atoms with Crippen LogP contribution in [0.15, 0.2) is 4.40 Å². The highest BCUT2D eigenvalue weighted by Crippen LogP contribution is 2.28. The molecule has 1 aliphatic carbocycles. The van der Waals surface area contributed by atoms with E-state index in [0.29, 0.717) is 0 Å². The van der Waals surface area contributed by atoms with Gasteiger partial charge in [0.1, 0.15) is 0 Å². The molecule has 1 aliphatic rings. The maximum absolute atomic E-state index is 10.5. The molecule has 0 amide bonds. The number of hydrogen-bond donors (Lipinski definition) is 0. The van der Waals surface area contributed by atoms with Crippen molar-refractivity contribution in [3.05, 3.63) is 0 Å². The molecule has 0 aromatic heterocycles. The number of hydrogen-bond acceptors (Lipinski definition) is 2. The molecule has 0 N–H and O–H groups in total. The molecule has 0 aliphatic heterocycles. The monoisotopic (exact) mass is 133 g/mol. The van der Waals surface area contributed by atoms with E-state index in [1.165, 1.54) is 0 Å². The van der Waals surface area contributed by atoms with Gasteiger partial charge in [-0.05, 0) is 12.8 Å². The quantitative estimate of drug-likeness (QED) is 0.504. The third kappa shape index (κ3) is 0.888. The fourth-order valence-electron chi connectivity index (χ4n) is 0.471. The Labute approximate surface area is 48.5 Å². The summed E-state index contributed by atoms with van der Waals surface area (Å²) in [5.74, 6) is 0. The molecule has 0 bridgehead atoms. The van der Waals surface area contributed by atoms with Crippen LogP contribution >= 0.6 is 0 Å². The Bertz CT molecular complexity index is 190. The molecule has 0 aromatic carbocycles. The first-order valence-electron chi connectivity index (χ1n) is 2.38. The van der Waals surface area contributed by atoms with Crippen molar-refractivity contribution in [2.75, 3.05) is 0 Å². The summed E-state index contributed by atoms with van der Waals surface area (Å²) in [6.45, 7) is 2.96.